The first-order chi connectivity index (χ1) is 9.90. The molecule has 0 atom stereocenters. The number of hydrogen-bond acceptors (Lipinski definition) is 4. The number of halogens is 1. The lowest BCUT2D eigenvalue weighted by atomic mass is 10.1. The molecule has 112 valence electrons. The lowest BCUT2D eigenvalue weighted by Gasteiger charge is -2.09. The highest BCUT2D eigenvalue weighted by atomic mass is 19.1. The van der Waals surface area contributed by atoms with Crippen molar-refractivity contribution in [2.45, 2.75) is 26.3 Å². The Bertz CT molecular complexity index is 667. The molecule has 0 aliphatic rings. The summed E-state index contributed by atoms with van der Waals surface area (Å²) in [5.74, 6) is -0.419. The smallest absolute Gasteiger partial charge is 0.295 e. The molecule has 0 unspecified atom stereocenters. The number of anilines is 1. The highest BCUT2D eigenvalue weighted by Gasteiger charge is 2.18. The van der Waals surface area contributed by atoms with Gasteiger partial charge >= 0.3 is 0 Å². The Morgan fingerprint density at radius 2 is 2.19 bits per heavy atom. The minimum absolute atomic E-state index is 0.0962. The molecule has 0 amide bonds. The second kappa shape index (κ2) is 5.90. The molecule has 0 fully saturated rings. The Hall–Kier alpha value is -2.44. The van der Waals surface area contributed by atoms with Crippen molar-refractivity contribution >= 4 is 11.4 Å². The summed E-state index contributed by atoms with van der Waals surface area (Å²) in [4.78, 5) is 10.3. The Labute approximate surface area is 121 Å². The first kappa shape index (κ1) is 15.0. The van der Waals surface area contributed by atoms with Gasteiger partial charge in [0.15, 0.2) is 5.82 Å². The van der Waals surface area contributed by atoms with Crippen molar-refractivity contribution in [1.82, 2.24) is 9.78 Å². The van der Waals surface area contributed by atoms with Crippen molar-refractivity contribution in [3.8, 4) is 0 Å². The largest absolute Gasteiger partial charge is 0.373 e. The van der Waals surface area contributed by atoms with Crippen LogP contribution >= 0.6 is 0 Å². The summed E-state index contributed by atoms with van der Waals surface area (Å²) in [6.07, 6.45) is 1.83. The number of benzene rings is 1. The lowest BCUT2D eigenvalue weighted by Crippen LogP contribution is -2.06. The molecule has 0 bridgehead atoms. The van der Waals surface area contributed by atoms with Crippen LogP contribution in [0.25, 0.3) is 0 Å². The van der Waals surface area contributed by atoms with E-state index in [4.69, 9.17) is 0 Å². The molecule has 0 saturated heterocycles. The third-order valence-electron chi connectivity index (χ3n) is 3.13. The number of nitrogens with zero attached hydrogens (tertiary/aromatic N) is 3. The van der Waals surface area contributed by atoms with E-state index in [2.05, 4.69) is 10.4 Å². The number of hydrogen-bond donors (Lipinski definition) is 1. The minimum Gasteiger partial charge on any atom is -0.373 e. The number of para-hydroxylation sites is 1. The predicted octanol–water partition coefficient (Wildman–Crippen LogP) is 3.20. The van der Waals surface area contributed by atoms with Gasteiger partial charge in [-0.3, -0.25) is 14.8 Å². The van der Waals surface area contributed by atoms with Gasteiger partial charge in [-0.1, -0.05) is 19.9 Å². The van der Waals surface area contributed by atoms with E-state index in [-0.39, 0.29) is 23.8 Å². The molecule has 0 radical (unpaired) electrons. The van der Waals surface area contributed by atoms with Gasteiger partial charge in [-0.25, -0.2) is 4.39 Å². The first-order valence-electron chi connectivity index (χ1n) is 6.59. The molecule has 0 saturated carbocycles. The highest BCUT2D eigenvalue weighted by molar-refractivity contribution is 5.62. The quantitative estimate of drug-likeness (QED) is 0.678. The molecule has 2 rings (SSSR count). The standard InChI is InChI=1S/C14H17FN4O2/c1-9(2)13-10(8-18(3)17-13)7-16-14-11(15)5-4-6-12(14)19(20)21/h4-6,8-9,16H,7H2,1-3H3. The van der Waals surface area contributed by atoms with Crippen LogP contribution in [-0.4, -0.2) is 14.7 Å². The average molecular weight is 292 g/mol. The molecular formula is C14H17FN4O2. The molecule has 1 N–H and O–H groups in total. The van der Waals surface area contributed by atoms with E-state index < -0.39 is 10.7 Å². The van der Waals surface area contributed by atoms with Gasteiger partial charge in [0.2, 0.25) is 0 Å². The van der Waals surface area contributed by atoms with E-state index in [9.17, 15) is 14.5 Å². The van der Waals surface area contributed by atoms with E-state index in [0.29, 0.717) is 0 Å². The zero-order valence-electron chi connectivity index (χ0n) is 12.1. The van der Waals surface area contributed by atoms with Crippen LogP contribution in [0.5, 0.6) is 0 Å². The maximum Gasteiger partial charge on any atom is 0.295 e. The summed E-state index contributed by atoms with van der Waals surface area (Å²) in [5.41, 5.74) is 1.42. The van der Waals surface area contributed by atoms with Gasteiger partial charge in [-0.05, 0) is 12.0 Å². The summed E-state index contributed by atoms with van der Waals surface area (Å²) in [6, 6.07) is 3.79. The summed E-state index contributed by atoms with van der Waals surface area (Å²) < 4.78 is 15.5. The van der Waals surface area contributed by atoms with Crippen molar-refractivity contribution in [1.29, 1.82) is 0 Å². The normalized spacial score (nSPS) is 10.9. The fourth-order valence-electron chi connectivity index (χ4n) is 2.20. The van der Waals surface area contributed by atoms with Gasteiger partial charge < -0.3 is 5.32 Å². The summed E-state index contributed by atoms with van der Waals surface area (Å²) >= 11 is 0. The highest BCUT2D eigenvalue weighted by Crippen LogP contribution is 2.28. The Kier molecular flexibility index (Phi) is 4.21. The molecule has 6 nitrogen and oxygen atoms in total. The van der Waals surface area contributed by atoms with Gasteiger partial charge in [-0.2, -0.15) is 5.10 Å². The molecule has 1 aromatic heterocycles. The van der Waals surface area contributed by atoms with Crippen molar-refractivity contribution in [2.24, 2.45) is 7.05 Å². The van der Waals surface area contributed by atoms with Crippen molar-refractivity contribution < 1.29 is 9.31 Å². The van der Waals surface area contributed by atoms with Gasteiger partial charge in [0, 0.05) is 31.4 Å². The van der Waals surface area contributed by atoms with Crippen LogP contribution in [0.2, 0.25) is 0 Å². The van der Waals surface area contributed by atoms with Crippen LogP contribution in [0.15, 0.2) is 24.4 Å². The van der Waals surface area contributed by atoms with E-state index in [0.717, 1.165) is 11.3 Å². The van der Waals surface area contributed by atoms with E-state index in [1.54, 1.807) is 11.7 Å². The fourth-order valence-corrected chi connectivity index (χ4v) is 2.20. The first-order valence-corrected chi connectivity index (χ1v) is 6.59. The fraction of sp³-hybridized carbons (Fsp3) is 0.357. The van der Waals surface area contributed by atoms with E-state index in [1.807, 2.05) is 20.0 Å². The number of rotatable bonds is 5. The zero-order chi connectivity index (χ0) is 15.6. The van der Waals surface area contributed by atoms with E-state index >= 15 is 0 Å². The molecule has 1 aromatic carbocycles. The Morgan fingerprint density at radius 3 is 2.81 bits per heavy atom. The molecule has 21 heavy (non-hydrogen) atoms. The number of aryl methyl sites for hydroxylation is 1. The molecule has 0 aliphatic carbocycles. The van der Waals surface area contributed by atoms with Gasteiger partial charge in [0.25, 0.3) is 5.69 Å². The lowest BCUT2D eigenvalue weighted by molar-refractivity contribution is -0.384. The Balaban J connectivity index is 2.27. The molecule has 2 aromatic rings. The van der Waals surface area contributed by atoms with Gasteiger partial charge in [0.05, 0.1) is 10.6 Å². The zero-order valence-corrected chi connectivity index (χ0v) is 12.1. The Morgan fingerprint density at radius 1 is 1.48 bits per heavy atom. The van der Waals surface area contributed by atoms with Crippen LogP contribution in [0.3, 0.4) is 0 Å². The van der Waals surface area contributed by atoms with Crippen LogP contribution in [0, 0.1) is 15.9 Å². The SMILES string of the molecule is CC(C)c1nn(C)cc1CNc1c(F)cccc1[N+](=O)[O-]. The maximum absolute atomic E-state index is 13.8. The van der Waals surface area contributed by atoms with E-state index in [1.165, 1.54) is 18.2 Å². The molecule has 1 heterocycles. The molecule has 0 aliphatic heterocycles. The minimum atomic E-state index is -0.640. The average Bonchev–Trinajstić information content (AvgIpc) is 2.78. The van der Waals surface area contributed by atoms with Crippen LogP contribution < -0.4 is 5.32 Å². The van der Waals surface area contributed by atoms with Crippen molar-refractivity contribution in [3.05, 3.63) is 51.6 Å². The number of nitro benzene ring substituents is 1. The van der Waals surface area contributed by atoms with Crippen molar-refractivity contribution in [2.75, 3.05) is 5.32 Å². The molecule has 7 heteroatoms. The number of nitrogens with one attached hydrogen (secondary N) is 1. The van der Waals surface area contributed by atoms with Crippen molar-refractivity contribution in [3.63, 3.8) is 0 Å². The monoisotopic (exact) mass is 292 g/mol. The number of aromatic nitrogens is 2. The van der Waals surface area contributed by atoms with Gasteiger partial charge in [-0.15, -0.1) is 0 Å². The van der Waals surface area contributed by atoms with Crippen LogP contribution in [0.4, 0.5) is 15.8 Å². The third-order valence-corrected chi connectivity index (χ3v) is 3.13. The third kappa shape index (κ3) is 3.18. The molecular weight excluding hydrogens is 275 g/mol. The topological polar surface area (TPSA) is 73.0 Å². The number of nitro groups is 1. The predicted molar refractivity (Wildman–Crippen MR) is 77.7 cm³/mol. The summed E-state index contributed by atoms with van der Waals surface area (Å²) in [5, 5.41) is 18.1. The second-order valence-electron chi connectivity index (χ2n) is 5.11. The van der Waals surface area contributed by atoms with Crippen LogP contribution in [-0.2, 0) is 13.6 Å². The summed E-state index contributed by atoms with van der Waals surface area (Å²) in [7, 11) is 1.81. The summed E-state index contributed by atoms with van der Waals surface area (Å²) in [6.45, 7) is 4.30. The maximum atomic E-state index is 13.8. The van der Waals surface area contributed by atoms with Crippen LogP contribution in [0.1, 0.15) is 31.0 Å². The molecule has 0 spiro atoms. The second-order valence-corrected chi connectivity index (χ2v) is 5.11. The van der Waals surface area contributed by atoms with Gasteiger partial charge in [0.1, 0.15) is 5.69 Å².